The molecular weight excluding hydrogens is 407 g/mol. The Morgan fingerprint density at radius 3 is 2.34 bits per heavy atom. The van der Waals surface area contributed by atoms with Crippen molar-refractivity contribution in [2.75, 3.05) is 31.1 Å². The number of halogens is 3. The van der Waals surface area contributed by atoms with Crippen molar-refractivity contribution >= 4 is 21.6 Å². The number of hydrogen-bond acceptors (Lipinski definition) is 5. The van der Waals surface area contributed by atoms with E-state index in [4.69, 9.17) is 0 Å². The van der Waals surface area contributed by atoms with Crippen molar-refractivity contribution in [1.29, 1.82) is 0 Å². The van der Waals surface area contributed by atoms with Crippen molar-refractivity contribution in [2.45, 2.75) is 24.4 Å². The van der Waals surface area contributed by atoms with Gasteiger partial charge in [-0.3, -0.25) is 4.79 Å². The maximum absolute atomic E-state index is 13.3. The molecule has 1 saturated heterocycles. The number of Topliss-reactive ketones (excluding diaryl/α,β-unsaturated/α-hetero) is 1. The van der Waals surface area contributed by atoms with Gasteiger partial charge in [0.05, 0.1) is 10.5 Å². The van der Waals surface area contributed by atoms with Crippen molar-refractivity contribution in [3.63, 3.8) is 0 Å². The van der Waals surface area contributed by atoms with E-state index in [1.54, 1.807) is 0 Å². The fourth-order valence-electron chi connectivity index (χ4n) is 3.23. The van der Waals surface area contributed by atoms with Crippen LogP contribution in [0.15, 0.2) is 47.5 Å². The van der Waals surface area contributed by atoms with Gasteiger partial charge in [-0.2, -0.15) is 17.5 Å². The lowest BCUT2D eigenvalue weighted by Gasteiger charge is -2.25. The lowest BCUT2D eigenvalue weighted by atomic mass is 10.2. The molecule has 1 aromatic carbocycles. The number of carbonyl (C=O) groups excluding carboxylic acids is 1. The molecule has 1 aliphatic rings. The molecule has 0 amide bonds. The second kappa shape index (κ2) is 8.11. The lowest BCUT2D eigenvalue weighted by Crippen LogP contribution is -2.36. The summed E-state index contributed by atoms with van der Waals surface area (Å²) >= 11 is 0. The Hall–Kier alpha value is -2.46. The zero-order valence-corrected chi connectivity index (χ0v) is 16.5. The van der Waals surface area contributed by atoms with E-state index in [0.29, 0.717) is 12.0 Å². The highest BCUT2D eigenvalue weighted by atomic mass is 32.2. The molecule has 0 bridgehead atoms. The Bertz CT molecular complexity index is 992. The number of pyridine rings is 1. The first-order valence-electron chi connectivity index (χ1n) is 8.99. The Morgan fingerprint density at radius 1 is 1.03 bits per heavy atom. The van der Waals surface area contributed by atoms with Crippen LogP contribution in [0, 0.1) is 0 Å². The van der Waals surface area contributed by atoms with E-state index in [1.807, 2.05) is 0 Å². The lowest BCUT2D eigenvalue weighted by molar-refractivity contribution is -0.137. The Labute approximate surface area is 167 Å². The highest BCUT2D eigenvalue weighted by Crippen LogP contribution is 2.35. The van der Waals surface area contributed by atoms with Gasteiger partial charge in [0.2, 0.25) is 10.0 Å². The quantitative estimate of drug-likeness (QED) is 0.701. The van der Waals surface area contributed by atoms with Gasteiger partial charge in [0.15, 0.2) is 5.78 Å². The number of carbonyl (C=O) groups is 1. The molecule has 1 aliphatic heterocycles. The Balaban J connectivity index is 1.80. The molecular formula is C19H20F3N3O3S. The highest BCUT2D eigenvalue weighted by molar-refractivity contribution is 7.89. The molecule has 6 nitrogen and oxygen atoms in total. The van der Waals surface area contributed by atoms with Crippen molar-refractivity contribution in [3.05, 3.63) is 53.7 Å². The fourth-order valence-corrected chi connectivity index (χ4v) is 4.70. The van der Waals surface area contributed by atoms with Crippen molar-refractivity contribution in [2.24, 2.45) is 0 Å². The summed E-state index contributed by atoms with van der Waals surface area (Å²) in [4.78, 5) is 16.8. The van der Waals surface area contributed by atoms with E-state index >= 15 is 0 Å². The standard InChI is InChI=1S/C19H20F3N3O3S/c1-14(26)15-5-7-16(8-6-15)29(27,28)25-11-3-10-24(12-13-25)18-17(19(20,21)22)4-2-9-23-18/h2,4-9H,3,10-13H2,1H3. The minimum atomic E-state index is -4.54. The van der Waals surface area contributed by atoms with Gasteiger partial charge in [-0.25, -0.2) is 13.4 Å². The predicted octanol–water partition coefficient (Wildman–Crippen LogP) is 3.20. The summed E-state index contributed by atoms with van der Waals surface area (Å²) in [5.41, 5.74) is -0.433. The van der Waals surface area contributed by atoms with Crippen molar-refractivity contribution < 1.29 is 26.4 Å². The van der Waals surface area contributed by atoms with Gasteiger partial charge in [-0.05, 0) is 37.6 Å². The molecule has 3 rings (SSSR count). The molecule has 0 aliphatic carbocycles. The van der Waals surface area contributed by atoms with Crippen LogP contribution in [-0.4, -0.2) is 49.7 Å². The van der Waals surface area contributed by atoms with Crippen LogP contribution >= 0.6 is 0 Å². The monoisotopic (exact) mass is 427 g/mol. The molecule has 10 heteroatoms. The normalized spacial score (nSPS) is 16.5. The number of anilines is 1. The van der Waals surface area contributed by atoms with Crippen molar-refractivity contribution in [1.82, 2.24) is 9.29 Å². The van der Waals surface area contributed by atoms with Crippen LogP contribution in [0.5, 0.6) is 0 Å². The van der Waals surface area contributed by atoms with Crippen LogP contribution in [0.2, 0.25) is 0 Å². The van der Waals surface area contributed by atoms with E-state index in [1.165, 1.54) is 52.7 Å². The smallest absolute Gasteiger partial charge is 0.355 e. The van der Waals surface area contributed by atoms with Gasteiger partial charge >= 0.3 is 6.18 Å². The number of hydrogen-bond donors (Lipinski definition) is 0. The van der Waals surface area contributed by atoms with Gasteiger partial charge in [-0.1, -0.05) is 12.1 Å². The van der Waals surface area contributed by atoms with E-state index in [2.05, 4.69) is 4.98 Å². The molecule has 1 aromatic heterocycles. The van der Waals surface area contributed by atoms with Crippen LogP contribution in [0.1, 0.15) is 29.3 Å². The first-order valence-corrected chi connectivity index (χ1v) is 10.4. The summed E-state index contributed by atoms with van der Waals surface area (Å²) in [6, 6.07) is 7.83. The summed E-state index contributed by atoms with van der Waals surface area (Å²) in [6.45, 7) is 1.95. The average Bonchev–Trinajstić information content (AvgIpc) is 2.94. The van der Waals surface area contributed by atoms with Crippen LogP contribution in [0.3, 0.4) is 0 Å². The number of rotatable bonds is 4. The third kappa shape index (κ3) is 4.59. The zero-order chi connectivity index (χ0) is 21.2. The maximum Gasteiger partial charge on any atom is 0.419 e. The molecule has 156 valence electrons. The average molecular weight is 427 g/mol. The molecule has 0 atom stereocenters. The second-order valence-corrected chi connectivity index (χ2v) is 8.64. The minimum absolute atomic E-state index is 0.0324. The number of aromatic nitrogens is 1. The summed E-state index contributed by atoms with van der Waals surface area (Å²) in [5, 5.41) is 0. The number of ketones is 1. The summed E-state index contributed by atoms with van der Waals surface area (Å²) < 4.78 is 66.9. The topological polar surface area (TPSA) is 70.6 Å². The molecule has 0 unspecified atom stereocenters. The second-order valence-electron chi connectivity index (χ2n) is 6.70. The van der Waals surface area contributed by atoms with E-state index < -0.39 is 21.8 Å². The molecule has 0 saturated carbocycles. The SMILES string of the molecule is CC(=O)c1ccc(S(=O)(=O)N2CCCN(c3ncccc3C(F)(F)F)CC2)cc1. The zero-order valence-electron chi connectivity index (χ0n) is 15.7. The summed E-state index contributed by atoms with van der Waals surface area (Å²) in [6.07, 6.45) is -2.89. The van der Waals surface area contributed by atoms with Gasteiger partial charge in [-0.15, -0.1) is 0 Å². The molecule has 1 fully saturated rings. The van der Waals surface area contributed by atoms with Gasteiger partial charge in [0.1, 0.15) is 5.82 Å². The number of nitrogens with zero attached hydrogens (tertiary/aromatic N) is 3. The number of alkyl halides is 3. The number of benzene rings is 1. The largest absolute Gasteiger partial charge is 0.419 e. The summed E-state index contributed by atoms with van der Waals surface area (Å²) in [7, 11) is -3.82. The summed E-state index contributed by atoms with van der Waals surface area (Å²) in [5.74, 6) is -0.361. The van der Waals surface area contributed by atoms with Crippen LogP contribution in [-0.2, 0) is 16.2 Å². The molecule has 2 heterocycles. The fraction of sp³-hybridized carbons (Fsp3) is 0.368. The molecule has 29 heavy (non-hydrogen) atoms. The van der Waals surface area contributed by atoms with Gasteiger partial charge < -0.3 is 4.90 Å². The molecule has 0 N–H and O–H groups in total. The van der Waals surface area contributed by atoms with E-state index in [9.17, 15) is 26.4 Å². The van der Waals surface area contributed by atoms with Crippen LogP contribution < -0.4 is 4.90 Å². The van der Waals surface area contributed by atoms with Crippen LogP contribution in [0.4, 0.5) is 19.0 Å². The van der Waals surface area contributed by atoms with E-state index in [-0.39, 0.29) is 42.7 Å². The van der Waals surface area contributed by atoms with Crippen LogP contribution in [0.25, 0.3) is 0 Å². The Morgan fingerprint density at radius 2 is 1.72 bits per heavy atom. The molecule has 2 aromatic rings. The molecule has 0 spiro atoms. The van der Waals surface area contributed by atoms with Crippen molar-refractivity contribution in [3.8, 4) is 0 Å². The highest BCUT2D eigenvalue weighted by Gasteiger charge is 2.36. The third-order valence-corrected chi connectivity index (χ3v) is 6.66. The minimum Gasteiger partial charge on any atom is -0.355 e. The number of sulfonamides is 1. The first kappa shape index (κ1) is 21.3. The predicted molar refractivity (Wildman–Crippen MR) is 101 cm³/mol. The Kier molecular flexibility index (Phi) is 5.95. The maximum atomic E-state index is 13.3. The first-order chi connectivity index (χ1) is 13.6. The van der Waals surface area contributed by atoms with E-state index in [0.717, 1.165) is 6.07 Å². The molecule has 0 radical (unpaired) electrons. The third-order valence-electron chi connectivity index (χ3n) is 4.75. The van der Waals surface area contributed by atoms with Gasteiger partial charge in [0, 0.05) is 37.9 Å². The van der Waals surface area contributed by atoms with Gasteiger partial charge in [0.25, 0.3) is 0 Å².